The number of rotatable bonds is 2. The molecule has 0 amide bonds. The highest BCUT2D eigenvalue weighted by atomic mass is 15.1. The van der Waals surface area contributed by atoms with Crippen molar-refractivity contribution in [2.75, 3.05) is 5.73 Å². The normalized spacial score (nSPS) is 10.3. The van der Waals surface area contributed by atoms with Gasteiger partial charge in [-0.25, -0.2) is 9.97 Å². The Kier molecular flexibility index (Phi) is 2.86. The van der Waals surface area contributed by atoms with Crippen LogP contribution in [0.1, 0.15) is 0 Å². The average molecular weight is 249 g/mol. The first kappa shape index (κ1) is 11.3. The Labute approximate surface area is 110 Å². The smallest absolute Gasteiger partial charge is 0.223 e. The topological polar surface area (TPSA) is 77.6 Å². The van der Waals surface area contributed by atoms with Gasteiger partial charge in [-0.15, -0.1) is 0 Å². The van der Waals surface area contributed by atoms with E-state index in [2.05, 4.69) is 19.9 Å². The van der Waals surface area contributed by atoms with E-state index in [1.165, 1.54) is 6.33 Å². The summed E-state index contributed by atoms with van der Waals surface area (Å²) in [6.07, 6.45) is 3.17. The van der Waals surface area contributed by atoms with E-state index in [1.54, 1.807) is 6.20 Å². The van der Waals surface area contributed by atoms with Crippen molar-refractivity contribution in [2.45, 2.75) is 0 Å². The minimum Gasteiger partial charge on any atom is -0.368 e. The van der Waals surface area contributed by atoms with E-state index in [1.807, 2.05) is 42.5 Å². The third kappa shape index (κ3) is 2.40. The Morgan fingerprint density at radius 1 is 0.842 bits per heavy atom. The third-order valence-corrected chi connectivity index (χ3v) is 2.67. The molecule has 19 heavy (non-hydrogen) atoms. The van der Waals surface area contributed by atoms with Crippen LogP contribution in [0.2, 0.25) is 0 Å². The van der Waals surface area contributed by atoms with Gasteiger partial charge in [0, 0.05) is 17.3 Å². The molecule has 2 N–H and O–H groups in total. The zero-order chi connectivity index (χ0) is 13.1. The largest absolute Gasteiger partial charge is 0.368 e. The highest BCUT2D eigenvalue weighted by molar-refractivity contribution is 5.67. The standard InChI is InChI=1S/C14H11N5/c15-14-18-9-17-13(19-14)11-5-3-4-10(8-11)12-6-1-2-7-16-12/h1-9H,(H2,15,17,18,19). The van der Waals surface area contributed by atoms with Gasteiger partial charge in [0.2, 0.25) is 5.95 Å². The number of hydrogen-bond acceptors (Lipinski definition) is 5. The first-order chi connectivity index (χ1) is 9.33. The lowest BCUT2D eigenvalue weighted by molar-refractivity contribution is 1.07. The van der Waals surface area contributed by atoms with Crippen molar-refractivity contribution in [1.82, 2.24) is 19.9 Å². The van der Waals surface area contributed by atoms with Crippen LogP contribution in [0.15, 0.2) is 55.0 Å². The number of nitrogen functional groups attached to an aromatic ring is 1. The molecule has 0 aliphatic rings. The molecule has 2 heterocycles. The van der Waals surface area contributed by atoms with Crippen LogP contribution in [0, 0.1) is 0 Å². The van der Waals surface area contributed by atoms with Crippen LogP contribution >= 0.6 is 0 Å². The number of nitrogens with zero attached hydrogens (tertiary/aromatic N) is 4. The monoisotopic (exact) mass is 249 g/mol. The summed E-state index contributed by atoms with van der Waals surface area (Å²) < 4.78 is 0. The first-order valence-electron chi connectivity index (χ1n) is 5.79. The highest BCUT2D eigenvalue weighted by Gasteiger charge is 2.05. The minimum absolute atomic E-state index is 0.216. The molecular formula is C14H11N5. The molecule has 92 valence electrons. The van der Waals surface area contributed by atoms with E-state index in [0.717, 1.165) is 16.8 Å². The lowest BCUT2D eigenvalue weighted by atomic mass is 10.1. The first-order valence-corrected chi connectivity index (χ1v) is 5.79. The molecule has 0 saturated heterocycles. The van der Waals surface area contributed by atoms with E-state index in [9.17, 15) is 0 Å². The van der Waals surface area contributed by atoms with Gasteiger partial charge in [-0.1, -0.05) is 24.3 Å². The predicted molar refractivity (Wildman–Crippen MR) is 72.9 cm³/mol. The molecule has 2 aromatic heterocycles. The number of pyridine rings is 1. The molecule has 0 unspecified atom stereocenters. The van der Waals surface area contributed by atoms with Crippen LogP contribution in [-0.2, 0) is 0 Å². The van der Waals surface area contributed by atoms with Gasteiger partial charge in [0.25, 0.3) is 0 Å². The van der Waals surface area contributed by atoms with Crippen LogP contribution in [0.3, 0.4) is 0 Å². The summed E-state index contributed by atoms with van der Waals surface area (Å²) in [4.78, 5) is 16.3. The van der Waals surface area contributed by atoms with Crippen molar-refractivity contribution in [3.05, 3.63) is 55.0 Å². The average Bonchev–Trinajstić information content (AvgIpc) is 2.48. The van der Waals surface area contributed by atoms with Crippen molar-refractivity contribution in [3.8, 4) is 22.6 Å². The molecule has 0 aliphatic heterocycles. The molecular weight excluding hydrogens is 238 g/mol. The zero-order valence-electron chi connectivity index (χ0n) is 10.1. The Morgan fingerprint density at radius 3 is 2.53 bits per heavy atom. The molecule has 0 fully saturated rings. The Balaban J connectivity index is 2.06. The second kappa shape index (κ2) is 4.81. The maximum Gasteiger partial charge on any atom is 0.223 e. The SMILES string of the molecule is Nc1ncnc(-c2cccc(-c3ccccn3)c2)n1. The number of anilines is 1. The van der Waals surface area contributed by atoms with Crippen molar-refractivity contribution in [3.63, 3.8) is 0 Å². The maximum atomic E-state index is 5.57. The molecule has 5 heteroatoms. The van der Waals surface area contributed by atoms with Crippen LogP contribution in [0.4, 0.5) is 5.95 Å². The minimum atomic E-state index is 0.216. The van der Waals surface area contributed by atoms with Crippen molar-refractivity contribution < 1.29 is 0 Å². The predicted octanol–water partition coefficient (Wildman–Crippen LogP) is 2.18. The summed E-state index contributed by atoms with van der Waals surface area (Å²) in [5.74, 6) is 0.776. The molecule has 0 saturated carbocycles. The van der Waals surface area contributed by atoms with Crippen molar-refractivity contribution >= 4 is 5.95 Å². The Hall–Kier alpha value is -2.82. The Bertz CT molecular complexity index is 697. The third-order valence-electron chi connectivity index (χ3n) is 2.67. The maximum absolute atomic E-state index is 5.57. The molecule has 0 atom stereocenters. The van der Waals surface area contributed by atoms with Crippen LogP contribution in [0.5, 0.6) is 0 Å². The zero-order valence-corrected chi connectivity index (χ0v) is 10.1. The fraction of sp³-hybridized carbons (Fsp3) is 0. The summed E-state index contributed by atoms with van der Waals surface area (Å²) in [5, 5.41) is 0. The molecule has 5 nitrogen and oxygen atoms in total. The fourth-order valence-electron chi connectivity index (χ4n) is 1.80. The Morgan fingerprint density at radius 2 is 1.74 bits per heavy atom. The van der Waals surface area contributed by atoms with Gasteiger partial charge in [0.15, 0.2) is 5.82 Å². The summed E-state index contributed by atoms with van der Waals surface area (Å²) in [6.45, 7) is 0. The molecule has 3 aromatic rings. The van der Waals surface area contributed by atoms with Gasteiger partial charge >= 0.3 is 0 Å². The molecule has 3 rings (SSSR count). The summed E-state index contributed by atoms with van der Waals surface area (Å²) in [5.41, 5.74) is 8.38. The summed E-state index contributed by atoms with van der Waals surface area (Å²) >= 11 is 0. The van der Waals surface area contributed by atoms with Crippen molar-refractivity contribution in [1.29, 1.82) is 0 Å². The lowest BCUT2D eigenvalue weighted by Crippen LogP contribution is -1.98. The lowest BCUT2D eigenvalue weighted by Gasteiger charge is -2.04. The second-order valence-electron chi connectivity index (χ2n) is 3.96. The van der Waals surface area contributed by atoms with E-state index in [4.69, 9.17) is 5.73 Å². The quantitative estimate of drug-likeness (QED) is 0.753. The molecule has 0 bridgehead atoms. The van der Waals surface area contributed by atoms with E-state index >= 15 is 0 Å². The highest BCUT2D eigenvalue weighted by Crippen LogP contribution is 2.22. The molecule has 1 aromatic carbocycles. The molecule has 0 radical (unpaired) electrons. The van der Waals surface area contributed by atoms with Crippen molar-refractivity contribution in [2.24, 2.45) is 0 Å². The van der Waals surface area contributed by atoms with Gasteiger partial charge in [0.1, 0.15) is 6.33 Å². The van der Waals surface area contributed by atoms with Gasteiger partial charge in [0.05, 0.1) is 5.69 Å². The van der Waals surface area contributed by atoms with E-state index in [0.29, 0.717) is 5.82 Å². The van der Waals surface area contributed by atoms with E-state index in [-0.39, 0.29) is 5.95 Å². The van der Waals surface area contributed by atoms with Crippen LogP contribution in [-0.4, -0.2) is 19.9 Å². The summed E-state index contributed by atoms with van der Waals surface area (Å²) in [7, 11) is 0. The number of benzene rings is 1. The summed E-state index contributed by atoms with van der Waals surface area (Å²) in [6, 6.07) is 13.7. The van der Waals surface area contributed by atoms with Gasteiger partial charge < -0.3 is 5.73 Å². The second-order valence-corrected chi connectivity index (χ2v) is 3.96. The van der Waals surface area contributed by atoms with Crippen LogP contribution in [0.25, 0.3) is 22.6 Å². The van der Waals surface area contributed by atoms with Gasteiger partial charge in [-0.3, -0.25) is 4.98 Å². The van der Waals surface area contributed by atoms with Gasteiger partial charge in [-0.05, 0) is 18.2 Å². The van der Waals surface area contributed by atoms with E-state index < -0.39 is 0 Å². The fourth-order valence-corrected chi connectivity index (χ4v) is 1.80. The number of aromatic nitrogens is 4. The molecule has 0 aliphatic carbocycles. The number of hydrogen-bond donors (Lipinski definition) is 1. The van der Waals surface area contributed by atoms with Crippen LogP contribution < -0.4 is 5.73 Å². The molecule has 0 spiro atoms. The number of nitrogens with two attached hydrogens (primary N) is 1. The van der Waals surface area contributed by atoms with Gasteiger partial charge in [-0.2, -0.15) is 4.98 Å².